The zero-order valence-electron chi connectivity index (χ0n) is 10.7. The monoisotopic (exact) mass is 253 g/mol. The molecule has 2 aromatic rings. The van der Waals surface area contributed by atoms with Gasteiger partial charge in [-0.25, -0.2) is 4.79 Å². The van der Waals surface area contributed by atoms with Crippen molar-refractivity contribution in [2.45, 2.75) is 0 Å². The molecule has 2 aromatic carbocycles. The van der Waals surface area contributed by atoms with E-state index in [9.17, 15) is 4.79 Å². The number of ether oxygens (including phenoxy) is 1. The Balaban J connectivity index is 2.22. The molecule has 0 radical (unpaired) electrons. The van der Waals surface area contributed by atoms with Gasteiger partial charge in [-0.1, -0.05) is 48.5 Å². The second-order valence-corrected chi connectivity index (χ2v) is 3.91. The summed E-state index contributed by atoms with van der Waals surface area (Å²) in [6, 6.07) is 18.0. The molecule has 0 aromatic heterocycles. The number of hydrogen-bond donors (Lipinski definition) is 1. The molecule has 0 saturated heterocycles. The summed E-state index contributed by atoms with van der Waals surface area (Å²) in [6.45, 7) is 0. The number of anilines is 1. The molecule has 0 fully saturated rings. The summed E-state index contributed by atoms with van der Waals surface area (Å²) in [5, 5.41) is 3.10. The molecule has 96 valence electrons. The van der Waals surface area contributed by atoms with Crippen molar-refractivity contribution < 1.29 is 9.53 Å². The fraction of sp³-hybridized carbons (Fsp3) is 0.0625. The van der Waals surface area contributed by atoms with Crippen LogP contribution in [0.5, 0.6) is 0 Å². The van der Waals surface area contributed by atoms with Crippen LogP contribution in [0.1, 0.15) is 0 Å². The molecule has 0 heterocycles. The minimum Gasteiger partial charge on any atom is -0.466 e. The first-order chi connectivity index (χ1) is 9.31. The zero-order valence-corrected chi connectivity index (χ0v) is 10.7. The van der Waals surface area contributed by atoms with Crippen molar-refractivity contribution in [3.63, 3.8) is 0 Å². The van der Waals surface area contributed by atoms with Crippen LogP contribution in [0, 0.1) is 0 Å². The number of rotatable bonds is 4. The molecule has 2 rings (SSSR count). The van der Waals surface area contributed by atoms with Gasteiger partial charge >= 0.3 is 5.97 Å². The van der Waals surface area contributed by atoms with Gasteiger partial charge < -0.3 is 10.1 Å². The number of benzene rings is 2. The first kappa shape index (κ1) is 12.9. The fourth-order valence-electron chi connectivity index (χ4n) is 1.75. The molecule has 0 atom stereocenters. The van der Waals surface area contributed by atoms with Crippen LogP contribution >= 0.6 is 0 Å². The lowest BCUT2D eigenvalue weighted by molar-refractivity contribution is -0.134. The third kappa shape index (κ3) is 3.45. The number of nitrogens with one attached hydrogen (secondary N) is 1. The van der Waals surface area contributed by atoms with Crippen LogP contribution in [0.15, 0.2) is 66.9 Å². The molecule has 19 heavy (non-hydrogen) atoms. The van der Waals surface area contributed by atoms with Gasteiger partial charge in [-0.15, -0.1) is 0 Å². The average molecular weight is 253 g/mol. The van der Waals surface area contributed by atoms with E-state index in [1.54, 1.807) is 6.20 Å². The minimum absolute atomic E-state index is 0.385. The summed E-state index contributed by atoms with van der Waals surface area (Å²) in [4.78, 5) is 11.0. The van der Waals surface area contributed by atoms with Crippen LogP contribution in [-0.2, 0) is 9.53 Å². The Morgan fingerprint density at radius 1 is 1.05 bits per heavy atom. The van der Waals surface area contributed by atoms with Crippen LogP contribution in [0.25, 0.3) is 11.1 Å². The topological polar surface area (TPSA) is 38.3 Å². The van der Waals surface area contributed by atoms with Gasteiger partial charge in [0.1, 0.15) is 0 Å². The molecule has 0 saturated carbocycles. The summed E-state index contributed by atoms with van der Waals surface area (Å²) in [5.74, 6) is -0.385. The van der Waals surface area contributed by atoms with Crippen LogP contribution in [0.4, 0.5) is 5.69 Å². The predicted octanol–water partition coefficient (Wildman–Crippen LogP) is 3.45. The maximum Gasteiger partial charge on any atom is 0.331 e. The fourth-order valence-corrected chi connectivity index (χ4v) is 1.75. The van der Waals surface area contributed by atoms with E-state index in [-0.39, 0.29) is 5.97 Å². The Morgan fingerprint density at radius 3 is 2.47 bits per heavy atom. The first-order valence-corrected chi connectivity index (χ1v) is 5.97. The Hall–Kier alpha value is -2.55. The van der Waals surface area contributed by atoms with Crippen molar-refractivity contribution in [1.82, 2.24) is 0 Å². The minimum atomic E-state index is -0.385. The third-order valence-electron chi connectivity index (χ3n) is 2.67. The van der Waals surface area contributed by atoms with Gasteiger partial charge in [0.15, 0.2) is 0 Å². The summed E-state index contributed by atoms with van der Waals surface area (Å²) >= 11 is 0. The van der Waals surface area contributed by atoms with Crippen molar-refractivity contribution in [3.05, 3.63) is 66.9 Å². The molecule has 0 aliphatic carbocycles. The number of carbonyl (C=O) groups excluding carboxylic acids is 1. The van der Waals surface area contributed by atoms with Crippen molar-refractivity contribution in [3.8, 4) is 11.1 Å². The van der Waals surface area contributed by atoms with Crippen LogP contribution in [0.3, 0.4) is 0 Å². The molecular formula is C16H15NO2. The Labute approximate surface area is 112 Å². The largest absolute Gasteiger partial charge is 0.466 e. The van der Waals surface area contributed by atoms with Gasteiger partial charge in [0.05, 0.1) is 7.11 Å². The second kappa shape index (κ2) is 6.40. The van der Waals surface area contributed by atoms with Crippen molar-refractivity contribution in [2.75, 3.05) is 12.4 Å². The van der Waals surface area contributed by atoms with Crippen molar-refractivity contribution in [2.24, 2.45) is 0 Å². The molecule has 0 aliphatic heterocycles. The standard InChI is InChI=1S/C16H15NO2/c1-19-16(18)11-12-17-15-10-6-5-9-14(15)13-7-3-2-4-8-13/h2-12,17H,1H3/b12-11+. The molecule has 0 amide bonds. The summed E-state index contributed by atoms with van der Waals surface area (Å²) in [7, 11) is 1.35. The SMILES string of the molecule is COC(=O)/C=C/Nc1ccccc1-c1ccccc1. The number of para-hydroxylation sites is 1. The van der Waals surface area contributed by atoms with E-state index < -0.39 is 0 Å². The van der Waals surface area contributed by atoms with Crippen molar-refractivity contribution in [1.29, 1.82) is 0 Å². The van der Waals surface area contributed by atoms with Gasteiger partial charge in [0.2, 0.25) is 0 Å². The molecular weight excluding hydrogens is 238 g/mol. The second-order valence-electron chi connectivity index (χ2n) is 3.91. The van der Waals surface area contributed by atoms with E-state index in [1.165, 1.54) is 13.2 Å². The maximum absolute atomic E-state index is 11.0. The molecule has 3 nitrogen and oxygen atoms in total. The Morgan fingerprint density at radius 2 is 1.74 bits per heavy atom. The van der Waals surface area contributed by atoms with Gasteiger partial charge in [0, 0.05) is 23.5 Å². The molecule has 1 N–H and O–H groups in total. The van der Waals surface area contributed by atoms with Gasteiger partial charge in [-0.05, 0) is 11.6 Å². The van der Waals surface area contributed by atoms with E-state index in [1.807, 2.05) is 54.6 Å². The summed E-state index contributed by atoms with van der Waals surface area (Å²) in [6.07, 6.45) is 2.93. The van der Waals surface area contributed by atoms with Crippen LogP contribution in [0.2, 0.25) is 0 Å². The average Bonchev–Trinajstić information content (AvgIpc) is 2.48. The highest BCUT2D eigenvalue weighted by Crippen LogP contribution is 2.27. The van der Waals surface area contributed by atoms with E-state index in [0.29, 0.717) is 0 Å². The highest BCUT2D eigenvalue weighted by atomic mass is 16.5. The van der Waals surface area contributed by atoms with Gasteiger partial charge in [-0.2, -0.15) is 0 Å². The summed E-state index contributed by atoms with van der Waals surface area (Å²) < 4.78 is 4.54. The molecule has 0 aliphatic rings. The number of esters is 1. The predicted molar refractivity (Wildman–Crippen MR) is 76.7 cm³/mol. The maximum atomic E-state index is 11.0. The van der Waals surface area contributed by atoms with E-state index in [4.69, 9.17) is 0 Å². The van der Waals surface area contributed by atoms with E-state index in [0.717, 1.165) is 16.8 Å². The third-order valence-corrected chi connectivity index (χ3v) is 2.67. The Bertz CT molecular complexity index is 576. The molecule has 0 unspecified atom stereocenters. The molecule has 0 bridgehead atoms. The molecule has 3 heteroatoms. The van der Waals surface area contributed by atoms with Crippen LogP contribution < -0.4 is 5.32 Å². The highest BCUT2D eigenvalue weighted by molar-refractivity contribution is 5.83. The lowest BCUT2D eigenvalue weighted by Gasteiger charge is -2.09. The van der Waals surface area contributed by atoms with Crippen molar-refractivity contribution >= 4 is 11.7 Å². The summed E-state index contributed by atoms with van der Waals surface area (Å²) in [5.41, 5.74) is 3.14. The molecule has 0 spiro atoms. The lowest BCUT2D eigenvalue weighted by Crippen LogP contribution is -1.97. The van der Waals surface area contributed by atoms with Crippen LogP contribution in [-0.4, -0.2) is 13.1 Å². The Kier molecular flexibility index (Phi) is 4.34. The lowest BCUT2D eigenvalue weighted by atomic mass is 10.0. The highest BCUT2D eigenvalue weighted by Gasteiger charge is 2.02. The number of carbonyl (C=O) groups is 1. The zero-order chi connectivity index (χ0) is 13.5. The van der Waals surface area contributed by atoms with E-state index >= 15 is 0 Å². The quantitative estimate of drug-likeness (QED) is 0.670. The smallest absolute Gasteiger partial charge is 0.331 e. The van der Waals surface area contributed by atoms with Gasteiger partial charge in [0.25, 0.3) is 0 Å². The van der Waals surface area contributed by atoms with Gasteiger partial charge in [-0.3, -0.25) is 0 Å². The normalized spacial score (nSPS) is 10.4. The van der Waals surface area contributed by atoms with E-state index in [2.05, 4.69) is 10.1 Å². The number of methoxy groups -OCH3 is 1. The number of hydrogen-bond acceptors (Lipinski definition) is 3. The first-order valence-electron chi connectivity index (χ1n) is 5.97.